The fourth-order valence-corrected chi connectivity index (χ4v) is 1.73. The standard InChI is InChI=1S/C10H16O2S/c1-6(2)9(13)8-5-4-7(3)12-10(8)11/h6-8H,4-5H2,1-3H3. The van der Waals surface area contributed by atoms with E-state index in [2.05, 4.69) is 0 Å². The Hall–Kier alpha value is -0.440. The number of esters is 1. The number of hydrogen-bond acceptors (Lipinski definition) is 3. The SMILES string of the molecule is CC1CCC(C(=S)C(C)C)C(=O)O1. The molecule has 0 N–H and O–H groups in total. The van der Waals surface area contributed by atoms with E-state index in [1.54, 1.807) is 0 Å². The molecule has 1 aliphatic heterocycles. The molecule has 1 rings (SSSR count). The molecule has 0 aliphatic carbocycles. The fourth-order valence-electron chi connectivity index (χ4n) is 1.52. The van der Waals surface area contributed by atoms with Crippen LogP contribution in [0.15, 0.2) is 0 Å². The molecule has 74 valence electrons. The van der Waals surface area contributed by atoms with Crippen molar-refractivity contribution in [1.29, 1.82) is 0 Å². The van der Waals surface area contributed by atoms with Crippen molar-refractivity contribution in [3.63, 3.8) is 0 Å². The Balaban J connectivity index is 2.61. The summed E-state index contributed by atoms with van der Waals surface area (Å²) in [4.78, 5) is 12.3. The maximum atomic E-state index is 11.4. The van der Waals surface area contributed by atoms with Crippen LogP contribution >= 0.6 is 12.2 Å². The smallest absolute Gasteiger partial charge is 0.314 e. The van der Waals surface area contributed by atoms with Crippen LogP contribution in [0.4, 0.5) is 0 Å². The summed E-state index contributed by atoms with van der Waals surface area (Å²) in [5.74, 6) is 0.0320. The summed E-state index contributed by atoms with van der Waals surface area (Å²) in [7, 11) is 0. The van der Waals surface area contributed by atoms with Gasteiger partial charge in [-0.05, 0) is 25.7 Å². The largest absolute Gasteiger partial charge is 0.462 e. The van der Waals surface area contributed by atoms with Crippen LogP contribution in [-0.2, 0) is 9.53 Å². The number of rotatable bonds is 2. The first kappa shape index (κ1) is 10.6. The summed E-state index contributed by atoms with van der Waals surface area (Å²) in [5.41, 5.74) is 0. The maximum Gasteiger partial charge on any atom is 0.314 e. The van der Waals surface area contributed by atoms with Crippen LogP contribution in [0, 0.1) is 11.8 Å². The Morgan fingerprint density at radius 2 is 2.15 bits per heavy atom. The van der Waals surface area contributed by atoms with Gasteiger partial charge in [0.2, 0.25) is 0 Å². The third-order valence-corrected chi connectivity index (χ3v) is 3.13. The molecule has 2 nitrogen and oxygen atoms in total. The van der Waals surface area contributed by atoms with Crippen molar-refractivity contribution in [3.8, 4) is 0 Å². The maximum absolute atomic E-state index is 11.4. The lowest BCUT2D eigenvalue weighted by Gasteiger charge is -2.27. The molecule has 2 unspecified atom stereocenters. The number of carbonyl (C=O) groups excluding carboxylic acids is 1. The molecule has 0 aromatic rings. The zero-order valence-corrected chi connectivity index (χ0v) is 9.19. The zero-order chi connectivity index (χ0) is 10.0. The second-order valence-corrected chi connectivity index (χ2v) is 4.41. The van der Waals surface area contributed by atoms with Gasteiger partial charge in [-0.1, -0.05) is 26.1 Å². The highest BCUT2D eigenvalue weighted by Crippen LogP contribution is 2.24. The molecule has 2 atom stereocenters. The van der Waals surface area contributed by atoms with Crippen molar-refractivity contribution in [2.24, 2.45) is 11.8 Å². The molecule has 0 radical (unpaired) electrons. The van der Waals surface area contributed by atoms with Gasteiger partial charge >= 0.3 is 5.97 Å². The first-order valence-electron chi connectivity index (χ1n) is 4.76. The van der Waals surface area contributed by atoms with Crippen molar-refractivity contribution in [2.75, 3.05) is 0 Å². The van der Waals surface area contributed by atoms with E-state index in [0.29, 0.717) is 5.92 Å². The molecule has 0 bridgehead atoms. The van der Waals surface area contributed by atoms with Crippen LogP contribution in [0.5, 0.6) is 0 Å². The van der Waals surface area contributed by atoms with Crippen LogP contribution in [-0.4, -0.2) is 16.9 Å². The molecule has 0 spiro atoms. The third-order valence-electron chi connectivity index (χ3n) is 2.38. The molecule has 1 saturated heterocycles. The fraction of sp³-hybridized carbons (Fsp3) is 0.800. The summed E-state index contributed by atoms with van der Waals surface area (Å²) in [6.07, 6.45) is 1.86. The van der Waals surface area contributed by atoms with Crippen LogP contribution in [0.25, 0.3) is 0 Å². The second kappa shape index (κ2) is 4.18. The van der Waals surface area contributed by atoms with Crippen molar-refractivity contribution in [2.45, 2.75) is 39.7 Å². The summed E-state index contributed by atoms with van der Waals surface area (Å²) in [5, 5.41) is 0. The molecule has 1 fully saturated rings. The lowest BCUT2D eigenvalue weighted by molar-refractivity contribution is -0.155. The highest BCUT2D eigenvalue weighted by Gasteiger charge is 2.31. The molecule has 13 heavy (non-hydrogen) atoms. The van der Waals surface area contributed by atoms with Crippen LogP contribution < -0.4 is 0 Å². The first-order chi connectivity index (χ1) is 6.02. The van der Waals surface area contributed by atoms with Crippen molar-refractivity contribution in [3.05, 3.63) is 0 Å². The number of thiocarbonyl (C=S) groups is 1. The number of hydrogen-bond donors (Lipinski definition) is 0. The van der Waals surface area contributed by atoms with Crippen LogP contribution in [0.2, 0.25) is 0 Å². The Morgan fingerprint density at radius 1 is 1.54 bits per heavy atom. The molecular weight excluding hydrogens is 184 g/mol. The number of carbonyl (C=O) groups is 1. The van der Waals surface area contributed by atoms with Crippen LogP contribution in [0.1, 0.15) is 33.6 Å². The van der Waals surface area contributed by atoms with Crippen molar-refractivity contribution < 1.29 is 9.53 Å². The molecule has 1 heterocycles. The van der Waals surface area contributed by atoms with Crippen molar-refractivity contribution in [1.82, 2.24) is 0 Å². The molecule has 0 aromatic carbocycles. The van der Waals surface area contributed by atoms with E-state index in [-0.39, 0.29) is 18.0 Å². The Bertz CT molecular complexity index is 223. The van der Waals surface area contributed by atoms with E-state index in [9.17, 15) is 4.79 Å². The summed E-state index contributed by atoms with van der Waals surface area (Å²) in [6.45, 7) is 5.97. The quantitative estimate of drug-likeness (QED) is 0.505. The predicted octanol–water partition coefficient (Wildman–Crippen LogP) is 2.35. The van der Waals surface area contributed by atoms with Gasteiger partial charge in [0, 0.05) is 4.86 Å². The molecule has 0 amide bonds. The van der Waals surface area contributed by atoms with Crippen molar-refractivity contribution >= 4 is 23.1 Å². The molecule has 3 heteroatoms. The normalized spacial score (nSPS) is 28.8. The second-order valence-electron chi connectivity index (χ2n) is 3.93. The molecular formula is C10H16O2S. The first-order valence-corrected chi connectivity index (χ1v) is 5.17. The molecule has 0 aromatic heterocycles. The third kappa shape index (κ3) is 2.50. The summed E-state index contributed by atoms with van der Waals surface area (Å²) < 4.78 is 5.14. The van der Waals surface area contributed by atoms with E-state index in [1.807, 2.05) is 20.8 Å². The monoisotopic (exact) mass is 200 g/mol. The minimum Gasteiger partial charge on any atom is -0.462 e. The zero-order valence-electron chi connectivity index (χ0n) is 8.37. The average Bonchev–Trinajstić information content (AvgIpc) is 2.03. The summed E-state index contributed by atoms with van der Waals surface area (Å²) in [6, 6.07) is 0. The minimum atomic E-state index is -0.133. The number of cyclic esters (lactones) is 1. The van der Waals surface area contributed by atoms with Gasteiger partial charge in [0.05, 0.1) is 12.0 Å². The molecule has 1 aliphatic rings. The lowest BCUT2D eigenvalue weighted by atomic mass is 9.90. The van der Waals surface area contributed by atoms with Gasteiger partial charge in [-0.2, -0.15) is 0 Å². The van der Waals surface area contributed by atoms with E-state index in [4.69, 9.17) is 17.0 Å². The van der Waals surface area contributed by atoms with Gasteiger partial charge in [0.25, 0.3) is 0 Å². The van der Waals surface area contributed by atoms with Gasteiger partial charge in [-0.15, -0.1) is 0 Å². The van der Waals surface area contributed by atoms with E-state index >= 15 is 0 Å². The van der Waals surface area contributed by atoms with Gasteiger partial charge in [0.1, 0.15) is 0 Å². The van der Waals surface area contributed by atoms with E-state index in [1.165, 1.54) is 0 Å². The Labute approximate surface area is 84.7 Å². The summed E-state index contributed by atoms with van der Waals surface area (Å²) >= 11 is 5.21. The Kier molecular flexibility index (Phi) is 3.42. The highest BCUT2D eigenvalue weighted by atomic mass is 32.1. The van der Waals surface area contributed by atoms with Gasteiger partial charge < -0.3 is 4.74 Å². The van der Waals surface area contributed by atoms with Gasteiger partial charge in [-0.25, -0.2) is 0 Å². The predicted molar refractivity (Wildman–Crippen MR) is 55.7 cm³/mol. The number of ether oxygens (including phenoxy) is 1. The lowest BCUT2D eigenvalue weighted by Crippen LogP contribution is -2.35. The van der Waals surface area contributed by atoms with Gasteiger partial charge in [-0.3, -0.25) is 4.79 Å². The van der Waals surface area contributed by atoms with Crippen LogP contribution in [0.3, 0.4) is 0 Å². The highest BCUT2D eigenvalue weighted by molar-refractivity contribution is 7.80. The van der Waals surface area contributed by atoms with Gasteiger partial charge in [0.15, 0.2) is 0 Å². The minimum absolute atomic E-state index is 0.0683. The molecule has 0 saturated carbocycles. The van der Waals surface area contributed by atoms with E-state index in [0.717, 1.165) is 17.7 Å². The topological polar surface area (TPSA) is 26.3 Å². The average molecular weight is 200 g/mol. The van der Waals surface area contributed by atoms with E-state index < -0.39 is 0 Å². The Morgan fingerprint density at radius 3 is 2.62 bits per heavy atom.